The van der Waals surface area contributed by atoms with E-state index in [1.165, 1.54) is 0 Å². The summed E-state index contributed by atoms with van der Waals surface area (Å²) >= 11 is 0. The largest absolute Gasteiger partial charge is 0.444 e. The van der Waals surface area contributed by atoms with E-state index in [2.05, 4.69) is 5.32 Å². The van der Waals surface area contributed by atoms with Crippen molar-refractivity contribution in [1.82, 2.24) is 5.32 Å². The molecule has 4 heteroatoms. The van der Waals surface area contributed by atoms with Crippen molar-refractivity contribution in [3.63, 3.8) is 0 Å². The first-order valence-corrected chi connectivity index (χ1v) is 6.86. The minimum absolute atomic E-state index is 0.130. The lowest BCUT2D eigenvalue weighted by Gasteiger charge is -2.23. The van der Waals surface area contributed by atoms with Crippen LogP contribution >= 0.6 is 0 Å². The molecule has 1 N–H and O–H groups in total. The molecular formula is C14H25NO3. The highest BCUT2D eigenvalue weighted by Crippen LogP contribution is 2.27. The van der Waals surface area contributed by atoms with Crippen LogP contribution in [0.4, 0.5) is 4.79 Å². The fraction of sp³-hybridized carbons (Fsp3) is 0.857. The maximum Gasteiger partial charge on any atom is 0.408 e. The first-order valence-electron chi connectivity index (χ1n) is 6.86. The molecule has 1 amide bonds. The van der Waals surface area contributed by atoms with Gasteiger partial charge in [-0.2, -0.15) is 0 Å². The summed E-state index contributed by atoms with van der Waals surface area (Å²) in [6.45, 7) is 7.35. The molecule has 0 saturated heterocycles. The van der Waals surface area contributed by atoms with Gasteiger partial charge in [0.25, 0.3) is 0 Å². The summed E-state index contributed by atoms with van der Waals surface area (Å²) in [5.74, 6) is 0.297. The first-order chi connectivity index (χ1) is 8.33. The summed E-state index contributed by atoms with van der Waals surface area (Å²) in [5, 5.41) is 2.69. The molecule has 0 aromatic carbocycles. The van der Waals surface area contributed by atoms with Crippen molar-refractivity contribution in [2.45, 2.75) is 71.4 Å². The lowest BCUT2D eigenvalue weighted by atomic mass is 9.95. The Hall–Kier alpha value is -1.06. The Morgan fingerprint density at radius 3 is 2.28 bits per heavy atom. The van der Waals surface area contributed by atoms with E-state index in [-0.39, 0.29) is 11.7 Å². The maximum absolute atomic E-state index is 12.2. The number of amides is 1. The van der Waals surface area contributed by atoms with Gasteiger partial charge in [0.1, 0.15) is 5.60 Å². The highest BCUT2D eigenvalue weighted by atomic mass is 16.6. The van der Waals surface area contributed by atoms with E-state index in [1.54, 1.807) is 0 Å². The zero-order valence-corrected chi connectivity index (χ0v) is 11.9. The molecule has 0 radical (unpaired) electrons. The van der Waals surface area contributed by atoms with Crippen LogP contribution < -0.4 is 5.32 Å². The first kappa shape index (κ1) is 15.0. The van der Waals surface area contributed by atoms with Crippen LogP contribution in [0.2, 0.25) is 0 Å². The molecule has 1 atom stereocenters. The molecule has 1 saturated carbocycles. The van der Waals surface area contributed by atoms with Crippen LogP contribution in [0, 0.1) is 5.92 Å². The predicted octanol–water partition coefficient (Wildman–Crippen LogP) is 3.05. The van der Waals surface area contributed by atoms with E-state index in [0.29, 0.717) is 6.42 Å². The third-order valence-electron chi connectivity index (χ3n) is 3.20. The van der Waals surface area contributed by atoms with Crippen LogP contribution in [0.15, 0.2) is 0 Å². The van der Waals surface area contributed by atoms with Gasteiger partial charge in [-0.25, -0.2) is 4.79 Å². The average molecular weight is 255 g/mol. The lowest BCUT2D eigenvalue weighted by Crippen LogP contribution is -2.44. The molecule has 0 aliphatic heterocycles. The molecule has 0 unspecified atom stereocenters. The lowest BCUT2D eigenvalue weighted by molar-refractivity contribution is -0.124. The standard InChI is InChI=1S/C14H25NO3/c1-5-11(12(16)10-8-6-7-9-10)15-13(17)18-14(2,3)4/h10-11H,5-9H2,1-4H3,(H,15,17)/t11-/m0/s1. The van der Waals surface area contributed by atoms with Crippen LogP contribution in [0.25, 0.3) is 0 Å². The normalized spacial score (nSPS) is 18.4. The van der Waals surface area contributed by atoms with Crippen molar-refractivity contribution in [3.8, 4) is 0 Å². The van der Waals surface area contributed by atoms with Crippen molar-refractivity contribution >= 4 is 11.9 Å². The molecule has 1 aliphatic rings. The van der Waals surface area contributed by atoms with Crippen LogP contribution in [0.3, 0.4) is 0 Å². The Bertz CT molecular complexity index is 301. The molecule has 104 valence electrons. The predicted molar refractivity (Wildman–Crippen MR) is 70.4 cm³/mol. The van der Waals surface area contributed by atoms with E-state index in [4.69, 9.17) is 4.74 Å². The van der Waals surface area contributed by atoms with Crippen LogP contribution in [-0.2, 0) is 9.53 Å². The molecule has 18 heavy (non-hydrogen) atoms. The molecule has 0 spiro atoms. The summed E-state index contributed by atoms with van der Waals surface area (Å²) in [6, 6.07) is -0.400. The molecule has 0 heterocycles. The summed E-state index contributed by atoms with van der Waals surface area (Å²) in [5.41, 5.74) is -0.529. The van der Waals surface area contributed by atoms with Crippen molar-refractivity contribution < 1.29 is 14.3 Å². The third-order valence-corrected chi connectivity index (χ3v) is 3.20. The van der Waals surface area contributed by atoms with Gasteiger partial charge in [-0.3, -0.25) is 4.79 Å². The maximum atomic E-state index is 12.2. The fourth-order valence-electron chi connectivity index (χ4n) is 2.32. The number of ketones is 1. The fourth-order valence-corrected chi connectivity index (χ4v) is 2.32. The van der Waals surface area contributed by atoms with Crippen LogP contribution in [0.5, 0.6) is 0 Å². The van der Waals surface area contributed by atoms with Gasteiger partial charge in [-0.05, 0) is 40.0 Å². The number of alkyl carbamates (subject to hydrolysis) is 1. The molecule has 0 bridgehead atoms. The van der Waals surface area contributed by atoms with Gasteiger partial charge >= 0.3 is 6.09 Å². The van der Waals surface area contributed by atoms with Crippen LogP contribution in [0.1, 0.15) is 59.8 Å². The van der Waals surface area contributed by atoms with E-state index >= 15 is 0 Å². The highest BCUT2D eigenvalue weighted by molar-refractivity contribution is 5.89. The Labute approximate surface area is 109 Å². The zero-order chi connectivity index (χ0) is 13.8. The van der Waals surface area contributed by atoms with Gasteiger partial charge in [-0.1, -0.05) is 19.8 Å². The highest BCUT2D eigenvalue weighted by Gasteiger charge is 2.30. The molecule has 0 aromatic heterocycles. The number of rotatable bonds is 4. The van der Waals surface area contributed by atoms with E-state index in [1.807, 2.05) is 27.7 Å². The summed E-state index contributed by atoms with van der Waals surface area (Å²) in [4.78, 5) is 23.9. The zero-order valence-electron chi connectivity index (χ0n) is 11.9. The molecular weight excluding hydrogens is 230 g/mol. The number of carbonyl (C=O) groups excluding carboxylic acids is 2. The molecule has 1 fully saturated rings. The van der Waals surface area contributed by atoms with Crippen molar-refractivity contribution in [2.75, 3.05) is 0 Å². The second-order valence-corrected chi connectivity index (χ2v) is 5.99. The number of nitrogens with one attached hydrogen (secondary N) is 1. The number of carbonyl (C=O) groups is 2. The van der Waals surface area contributed by atoms with E-state index in [9.17, 15) is 9.59 Å². The van der Waals surface area contributed by atoms with Gasteiger partial charge < -0.3 is 10.1 Å². The molecule has 1 rings (SSSR count). The second-order valence-electron chi connectivity index (χ2n) is 5.99. The minimum Gasteiger partial charge on any atom is -0.444 e. The summed E-state index contributed by atoms with van der Waals surface area (Å²) in [6.07, 6.45) is 4.30. The third kappa shape index (κ3) is 4.67. The van der Waals surface area contributed by atoms with E-state index in [0.717, 1.165) is 25.7 Å². The smallest absolute Gasteiger partial charge is 0.408 e. The Morgan fingerprint density at radius 2 is 1.83 bits per heavy atom. The molecule has 0 aromatic rings. The minimum atomic E-state index is -0.529. The van der Waals surface area contributed by atoms with Crippen LogP contribution in [-0.4, -0.2) is 23.5 Å². The quantitative estimate of drug-likeness (QED) is 0.840. The number of hydrogen-bond acceptors (Lipinski definition) is 3. The van der Waals surface area contributed by atoms with E-state index < -0.39 is 17.7 Å². The van der Waals surface area contributed by atoms with Gasteiger partial charge in [0.15, 0.2) is 5.78 Å². The Morgan fingerprint density at radius 1 is 1.28 bits per heavy atom. The number of Topliss-reactive ketones (excluding diaryl/α,β-unsaturated/α-hetero) is 1. The Balaban J connectivity index is 2.50. The summed E-state index contributed by atoms with van der Waals surface area (Å²) < 4.78 is 5.18. The topological polar surface area (TPSA) is 55.4 Å². The van der Waals surface area contributed by atoms with Gasteiger partial charge in [0, 0.05) is 5.92 Å². The number of ether oxygens (including phenoxy) is 1. The second kappa shape index (κ2) is 6.21. The van der Waals surface area contributed by atoms with Crippen molar-refractivity contribution in [3.05, 3.63) is 0 Å². The van der Waals surface area contributed by atoms with Crippen molar-refractivity contribution in [2.24, 2.45) is 5.92 Å². The average Bonchev–Trinajstić information content (AvgIpc) is 2.75. The summed E-state index contributed by atoms with van der Waals surface area (Å²) in [7, 11) is 0. The van der Waals surface area contributed by atoms with Gasteiger partial charge in [0.2, 0.25) is 0 Å². The Kier molecular flexibility index (Phi) is 5.17. The number of hydrogen-bond donors (Lipinski definition) is 1. The monoisotopic (exact) mass is 255 g/mol. The molecule has 4 nitrogen and oxygen atoms in total. The molecule has 1 aliphatic carbocycles. The van der Waals surface area contributed by atoms with Gasteiger partial charge in [0.05, 0.1) is 6.04 Å². The van der Waals surface area contributed by atoms with Gasteiger partial charge in [-0.15, -0.1) is 0 Å². The SMILES string of the molecule is CC[C@H](NC(=O)OC(C)(C)C)C(=O)C1CCCC1. The van der Waals surface area contributed by atoms with Crippen molar-refractivity contribution in [1.29, 1.82) is 0 Å².